The van der Waals surface area contributed by atoms with Gasteiger partial charge in [-0.1, -0.05) is 19.8 Å². The number of nitrogen functional groups attached to an aromatic ring is 1. The summed E-state index contributed by atoms with van der Waals surface area (Å²) in [5.74, 6) is -0.466. The first-order chi connectivity index (χ1) is 14.8. The minimum Gasteiger partial charge on any atom is -0.387 e. The number of rotatable bonds is 9. The number of nitrogens with two attached hydrogens (primary N) is 1. The average molecular weight is 456 g/mol. The Hall–Kier alpha value is -2.39. The van der Waals surface area contributed by atoms with Crippen LogP contribution in [0.3, 0.4) is 0 Å². The lowest BCUT2D eigenvalue weighted by molar-refractivity contribution is -0.182. The lowest BCUT2D eigenvalue weighted by atomic mass is 10.0. The van der Waals surface area contributed by atoms with Crippen molar-refractivity contribution >= 4 is 33.2 Å². The number of carbonyl (C=O) groups excluding carboxylic acids is 1. The van der Waals surface area contributed by atoms with Gasteiger partial charge in [-0.3, -0.25) is 13.5 Å². The van der Waals surface area contributed by atoms with E-state index < -0.39 is 46.9 Å². The van der Waals surface area contributed by atoms with Crippen LogP contribution in [0.15, 0.2) is 12.7 Å². The monoisotopic (exact) mass is 456 g/mol. The van der Waals surface area contributed by atoms with Crippen molar-refractivity contribution in [3.05, 3.63) is 12.7 Å². The Morgan fingerprint density at radius 1 is 1.42 bits per heavy atom. The van der Waals surface area contributed by atoms with Crippen molar-refractivity contribution in [3.8, 4) is 0 Å². The van der Waals surface area contributed by atoms with E-state index in [0.29, 0.717) is 17.6 Å². The van der Waals surface area contributed by atoms with E-state index in [1.165, 1.54) is 17.2 Å². The minimum atomic E-state index is -4.37. The molecule has 0 saturated carbocycles. The molecular formula is C17H24N6O7S. The Kier molecular flexibility index (Phi) is 5.83. The van der Waals surface area contributed by atoms with Crippen LogP contribution >= 0.6 is 0 Å². The number of nitrogens with one attached hydrogen (secondary N) is 1. The van der Waals surface area contributed by atoms with Gasteiger partial charge in [0.1, 0.15) is 36.3 Å². The summed E-state index contributed by atoms with van der Waals surface area (Å²) in [6, 6.07) is 0. The lowest BCUT2D eigenvalue weighted by Gasteiger charge is -2.30. The molecule has 1 amide bonds. The highest BCUT2D eigenvalue weighted by molar-refractivity contribution is 7.85. The van der Waals surface area contributed by atoms with Crippen LogP contribution in [0.25, 0.3) is 11.2 Å². The van der Waals surface area contributed by atoms with Gasteiger partial charge in [-0.2, -0.15) is 8.42 Å². The number of nitrogens with zero attached hydrogens (tertiary/aromatic N) is 4. The van der Waals surface area contributed by atoms with E-state index in [2.05, 4.69) is 15.0 Å². The maximum absolute atomic E-state index is 12.2. The van der Waals surface area contributed by atoms with Crippen LogP contribution in [0, 0.1) is 0 Å². The smallest absolute Gasteiger partial charge is 0.362 e. The third-order valence-electron chi connectivity index (χ3n) is 5.37. The highest BCUT2D eigenvalue weighted by Crippen LogP contribution is 2.46. The Labute approximate surface area is 178 Å². The number of aliphatic hydroxyl groups is 1. The Bertz CT molecular complexity index is 1080. The van der Waals surface area contributed by atoms with Gasteiger partial charge in [0.2, 0.25) is 5.91 Å². The fraction of sp³-hybridized carbons (Fsp3) is 0.647. The summed E-state index contributed by atoms with van der Waals surface area (Å²) in [6.45, 7) is 1.35. The van der Waals surface area contributed by atoms with Gasteiger partial charge in [-0.15, -0.1) is 0 Å². The van der Waals surface area contributed by atoms with Gasteiger partial charge in [-0.25, -0.2) is 19.7 Å². The van der Waals surface area contributed by atoms with Crippen LogP contribution in [0.2, 0.25) is 0 Å². The van der Waals surface area contributed by atoms with Crippen molar-refractivity contribution in [2.75, 3.05) is 18.9 Å². The summed E-state index contributed by atoms with van der Waals surface area (Å²) in [5, 5.41) is 10.7. The molecule has 170 valence electrons. The van der Waals surface area contributed by atoms with Gasteiger partial charge < -0.3 is 20.3 Å². The van der Waals surface area contributed by atoms with Gasteiger partial charge in [0.05, 0.1) is 12.9 Å². The number of hydrogen-bond donors (Lipinski definition) is 3. The molecule has 4 rings (SSSR count). The standard InChI is InChI=1S/C17H24N6O7S/c1-2-3-4-5-10(24)22-31(26,27)29-7-17-6-28-12(13(17)25)16(30-17)23-9-21-11-14(18)19-8-20-15(11)23/h8-9,12-13,16,25H,2-7H2,1H3,(H,22,24)(H2,18,19,20)/t12-,13+,16-,17-/m1/s1. The van der Waals surface area contributed by atoms with Crippen LogP contribution in [-0.2, 0) is 28.8 Å². The van der Waals surface area contributed by atoms with Gasteiger partial charge in [0.15, 0.2) is 17.7 Å². The number of unbranched alkanes of at least 4 members (excludes halogenated alkanes) is 2. The molecule has 13 nitrogen and oxygen atoms in total. The van der Waals surface area contributed by atoms with E-state index in [0.717, 1.165) is 12.8 Å². The van der Waals surface area contributed by atoms with Gasteiger partial charge >= 0.3 is 10.3 Å². The third kappa shape index (κ3) is 4.08. The number of anilines is 1. The highest BCUT2D eigenvalue weighted by atomic mass is 32.2. The number of aromatic nitrogens is 4. The zero-order valence-corrected chi connectivity index (χ0v) is 17.6. The van der Waals surface area contributed by atoms with E-state index in [4.69, 9.17) is 19.4 Å². The van der Waals surface area contributed by atoms with E-state index in [9.17, 15) is 18.3 Å². The number of fused-ring (bicyclic) bond motifs is 3. The summed E-state index contributed by atoms with van der Waals surface area (Å²) < 4.78 is 44.3. The molecule has 0 unspecified atom stereocenters. The van der Waals surface area contributed by atoms with Gasteiger partial charge in [-0.05, 0) is 6.42 Å². The molecule has 2 aromatic rings. The molecule has 14 heteroatoms. The summed E-state index contributed by atoms with van der Waals surface area (Å²) in [7, 11) is -4.37. The maximum atomic E-state index is 12.2. The molecule has 0 spiro atoms. The zero-order valence-electron chi connectivity index (χ0n) is 16.8. The molecule has 0 radical (unpaired) electrons. The number of ether oxygens (including phenoxy) is 2. The topological polar surface area (TPSA) is 181 Å². The Morgan fingerprint density at radius 3 is 3.00 bits per heavy atom. The first kappa shape index (κ1) is 21.8. The predicted octanol–water partition coefficient (Wildman–Crippen LogP) is -0.606. The van der Waals surface area contributed by atoms with Crippen LogP contribution in [-0.4, -0.2) is 70.0 Å². The second-order valence-electron chi connectivity index (χ2n) is 7.58. The van der Waals surface area contributed by atoms with Crippen molar-refractivity contribution in [2.24, 2.45) is 0 Å². The van der Waals surface area contributed by atoms with Crippen molar-refractivity contribution < 1.29 is 32.0 Å². The molecule has 4 atom stereocenters. The van der Waals surface area contributed by atoms with E-state index in [1.807, 2.05) is 11.6 Å². The summed E-state index contributed by atoms with van der Waals surface area (Å²) in [6.07, 6.45) is 2.26. The number of imidazole rings is 1. The second-order valence-corrected chi connectivity index (χ2v) is 8.92. The van der Waals surface area contributed by atoms with Crippen molar-refractivity contribution in [2.45, 2.75) is 56.6 Å². The molecule has 31 heavy (non-hydrogen) atoms. The SMILES string of the molecule is CCCCCC(=O)NS(=O)(=O)OC[C@@]12CO[C@@H]([C@H](n3cnc4c(N)ncnc43)O1)[C@@H]2O. The highest BCUT2D eigenvalue weighted by Gasteiger charge is 2.62. The molecule has 2 aliphatic rings. The number of amides is 1. The van der Waals surface area contributed by atoms with Crippen molar-refractivity contribution in [1.29, 1.82) is 0 Å². The van der Waals surface area contributed by atoms with E-state index in [1.54, 1.807) is 0 Å². The van der Waals surface area contributed by atoms with Crippen molar-refractivity contribution in [3.63, 3.8) is 0 Å². The van der Waals surface area contributed by atoms with Crippen LogP contribution in [0.5, 0.6) is 0 Å². The molecule has 2 saturated heterocycles. The summed E-state index contributed by atoms with van der Waals surface area (Å²) in [4.78, 5) is 24.0. The number of carbonyl (C=O) groups is 1. The second kappa shape index (κ2) is 8.27. The van der Waals surface area contributed by atoms with Crippen LogP contribution in [0.1, 0.15) is 38.8 Å². The largest absolute Gasteiger partial charge is 0.387 e. The normalized spacial score (nSPS) is 27.7. The quantitative estimate of drug-likeness (QED) is 0.410. The molecule has 0 aliphatic carbocycles. The fourth-order valence-corrected chi connectivity index (χ4v) is 4.52. The van der Waals surface area contributed by atoms with Gasteiger partial charge in [0.25, 0.3) is 0 Å². The fourth-order valence-electron chi connectivity index (χ4n) is 3.73. The van der Waals surface area contributed by atoms with E-state index >= 15 is 0 Å². The van der Waals surface area contributed by atoms with Crippen LogP contribution < -0.4 is 10.5 Å². The first-order valence-corrected chi connectivity index (χ1v) is 11.3. The summed E-state index contributed by atoms with van der Waals surface area (Å²) >= 11 is 0. The zero-order chi connectivity index (χ0) is 22.2. The molecule has 2 bridgehead atoms. The minimum absolute atomic E-state index is 0.0760. The Balaban J connectivity index is 1.45. The average Bonchev–Trinajstić information content (AvgIpc) is 3.37. The molecule has 2 aromatic heterocycles. The summed E-state index contributed by atoms with van der Waals surface area (Å²) in [5.41, 5.74) is 5.10. The molecular weight excluding hydrogens is 432 g/mol. The molecule has 4 heterocycles. The molecule has 2 aliphatic heterocycles. The maximum Gasteiger partial charge on any atom is 0.362 e. The van der Waals surface area contributed by atoms with Crippen LogP contribution in [0.4, 0.5) is 5.82 Å². The number of aliphatic hydroxyl groups excluding tert-OH is 1. The predicted molar refractivity (Wildman–Crippen MR) is 105 cm³/mol. The Morgan fingerprint density at radius 2 is 2.23 bits per heavy atom. The molecule has 0 aromatic carbocycles. The molecule has 4 N–H and O–H groups in total. The van der Waals surface area contributed by atoms with Crippen molar-refractivity contribution in [1.82, 2.24) is 24.2 Å². The number of hydrogen-bond acceptors (Lipinski definition) is 11. The van der Waals surface area contributed by atoms with E-state index in [-0.39, 0.29) is 18.8 Å². The lowest BCUT2D eigenvalue weighted by Crippen LogP contribution is -2.47. The third-order valence-corrected chi connectivity index (χ3v) is 6.28. The molecule has 2 fully saturated rings. The van der Waals surface area contributed by atoms with Gasteiger partial charge in [0, 0.05) is 6.42 Å². The first-order valence-electron chi connectivity index (χ1n) is 9.87.